The summed E-state index contributed by atoms with van der Waals surface area (Å²) in [5, 5.41) is 22.1. The number of rotatable bonds is 7. The zero-order valence-electron chi connectivity index (χ0n) is 18.4. The molecule has 176 valence electrons. The van der Waals surface area contributed by atoms with E-state index >= 15 is 0 Å². The minimum Gasteiger partial charge on any atom is -0.544 e. The van der Waals surface area contributed by atoms with Crippen LogP contribution in [-0.2, 0) is 20.1 Å². The third-order valence-electron chi connectivity index (χ3n) is 4.36. The first-order chi connectivity index (χ1) is 15.0. The molecule has 3 unspecified atom stereocenters. The summed E-state index contributed by atoms with van der Waals surface area (Å²) in [5.74, 6) is 1.98. The van der Waals surface area contributed by atoms with Crippen LogP contribution in [-0.4, -0.2) is 67.7 Å². The molecular weight excluding hydrogens is 552 g/mol. The third-order valence-corrected chi connectivity index (χ3v) is 13.4. The number of aromatic carboxylic acids is 1. The molecule has 3 rings (SSSR count). The second-order valence-corrected chi connectivity index (χ2v) is 13.7. The SMILES string of the molecule is C=S1CC(COC(N)=O)=S(C(=O)[O-])N2C(=O)S(NC(=O)Cc3ccsc3C(=O)[O-])(OC)[C@@H]21.[Na+].[Na+]. The quantitative estimate of drug-likeness (QED) is 0.237. The molecule has 1 aromatic heterocycles. The monoisotopic (exact) mass is 569 g/mol. The summed E-state index contributed by atoms with van der Waals surface area (Å²) in [7, 11) is -4.53. The fourth-order valence-electron chi connectivity index (χ4n) is 3.12. The van der Waals surface area contributed by atoms with Crippen LogP contribution in [0.2, 0.25) is 0 Å². The van der Waals surface area contributed by atoms with Crippen LogP contribution < -0.4 is 79.8 Å². The van der Waals surface area contributed by atoms with E-state index in [4.69, 9.17) is 14.7 Å². The molecule has 18 heteroatoms. The van der Waals surface area contributed by atoms with Gasteiger partial charge in [0.25, 0.3) is 0 Å². The van der Waals surface area contributed by atoms with Gasteiger partial charge in [0.2, 0.25) is 5.91 Å². The summed E-state index contributed by atoms with van der Waals surface area (Å²) in [6.45, 7) is -0.409. The number of fused-ring (bicyclic) bond motifs is 1. The molecule has 2 aliphatic heterocycles. The van der Waals surface area contributed by atoms with Crippen LogP contribution in [0.15, 0.2) is 11.4 Å². The van der Waals surface area contributed by atoms with Gasteiger partial charge in [-0.3, -0.25) is 18.6 Å². The molecule has 4 atom stereocenters. The molecule has 3 heterocycles. The molecule has 1 saturated heterocycles. The molecule has 0 spiro atoms. The van der Waals surface area contributed by atoms with Crippen LogP contribution in [0.4, 0.5) is 14.4 Å². The predicted octanol–water partition coefficient (Wildman–Crippen LogP) is -6.71. The van der Waals surface area contributed by atoms with Crippen molar-refractivity contribution < 1.29 is 102 Å². The van der Waals surface area contributed by atoms with Crippen LogP contribution in [0.1, 0.15) is 15.2 Å². The van der Waals surface area contributed by atoms with Gasteiger partial charge in [-0.1, -0.05) is 5.87 Å². The van der Waals surface area contributed by atoms with E-state index in [2.05, 4.69) is 10.6 Å². The molecule has 0 saturated carbocycles. The Bertz CT molecular complexity index is 1100. The van der Waals surface area contributed by atoms with E-state index in [0.29, 0.717) is 0 Å². The minimum atomic E-state index is -2.97. The van der Waals surface area contributed by atoms with E-state index in [1.807, 2.05) is 0 Å². The maximum Gasteiger partial charge on any atom is 1.00 e. The van der Waals surface area contributed by atoms with Crippen molar-refractivity contribution in [2.24, 2.45) is 5.73 Å². The Hall–Kier alpha value is -0.400. The van der Waals surface area contributed by atoms with E-state index < -0.39 is 71.5 Å². The molecule has 0 aliphatic carbocycles. The topological polar surface area (TPSA) is 191 Å². The van der Waals surface area contributed by atoms with Crippen molar-refractivity contribution in [1.82, 2.24) is 9.03 Å². The van der Waals surface area contributed by atoms with Crippen LogP contribution in [0.5, 0.6) is 0 Å². The van der Waals surface area contributed by atoms with Crippen molar-refractivity contribution in [2.45, 2.75) is 11.1 Å². The second kappa shape index (κ2) is 12.7. The fourth-order valence-corrected chi connectivity index (χ4v) is 12.9. The van der Waals surface area contributed by atoms with Crippen LogP contribution in [0.3, 0.4) is 0 Å². The molecule has 34 heavy (non-hydrogen) atoms. The second-order valence-electron chi connectivity index (χ2n) is 6.29. The van der Waals surface area contributed by atoms with Gasteiger partial charge < -0.3 is 34.5 Å². The van der Waals surface area contributed by atoms with E-state index in [9.17, 15) is 34.2 Å². The van der Waals surface area contributed by atoms with E-state index in [-0.39, 0.29) is 86.6 Å². The van der Waals surface area contributed by atoms with Crippen LogP contribution >= 0.6 is 43.0 Å². The number of amides is 3. The van der Waals surface area contributed by atoms with Crippen molar-refractivity contribution in [3.05, 3.63) is 21.9 Å². The van der Waals surface area contributed by atoms with E-state index in [0.717, 1.165) is 15.6 Å². The molecular formula is C16H17N3Na2O9S4. The predicted molar refractivity (Wildman–Crippen MR) is 119 cm³/mol. The smallest absolute Gasteiger partial charge is 0.544 e. The third kappa shape index (κ3) is 5.94. The van der Waals surface area contributed by atoms with Gasteiger partial charge in [-0.05, 0) is 27.7 Å². The molecule has 1 fully saturated rings. The standard InChI is InChI=1S/C16H19N3O9S4.2Na/c1-27-32(18-10(20)5-8-3-4-29-11(8)12(21)22)14(24)19-15(32)30(2)7-9(6-28-13(17)23)31(19)16(25)26;;/h3-4,15H,2,5-7H2,1H3,(H2,17,23)(H,18,20)(H,21,22)(H,25,26);;/q;2*+1/p-2/t15-,30?,31?;;/m0../s1. The van der Waals surface area contributed by atoms with Gasteiger partial charge >= 0.3 is 70.4 Å². The first-order valence-corrected chi connectivity index (χ1v) is 13.8. The first kappa shape index (κ1) is 31.6. The average molecular weight is 570 g/mol. The number of primary amides is 1. The van der Waals surface area contributed by atoms with Gasteiger partial charge in [0.1, 0.15) is 11.9 Å². The maximum absolute atomic E-state index is 13.1. The number of nitrogens with one attached hydrogen (secondary N) is 1. The minimum absolute atomic E-state index is 0. The first-order valence-electron chi connectivity index (χ1n) is 8.54. The Balaban J connectivity index is 0.00000289. The van der Waals surface area contributed by atoms with Gasteiger partial charge in [-0.25, -0.2) is 4.79 Å². The number of hydrogen-bond donors (Lipinski definition) is 2. The summed E-state index contributed by atoms with van der Waals surface area (Å²) in [4.78, 5) is 59.7. The van der Waals surface area contributed by atoms with E-state index in [1.165, 1.54) is 18.6 Å². The van der Waals surface area contributed by atoms with Gasteiger partial charge in [0.15, 0.2) is 4.71 Å². The number of nitrogens with zero attached hydrogens (tertiary/aromatic N) is 1. The average Bonchev–Trinajstić information content (AvgIpc) is 3.17. The number of carbonyl (C=O) groups is 5. The molecule has 3 N–H and O–H groups in total. The van der Waals surface area contributed by atoms with Gasteiger partial charge in [0, 0.05) is 10.6 Å². The number of ether oxygens (including phenoxy) is 1. The Morgan fingerprint density at radius 3 is 2.53 bits per heavy atom. The Morgan fingerprint density at radius 2 is 2.00 bits per heavy atom. The van der Waals surface area contributed by atoms with Crippen molar-refractivity contribution in [3.8, 4) is 0 Å². The molecule has 1 aromatic rings. The van der Waals surface area contributed by atoms with E-state index in [1.54, 1.807) is 0 Å². The fraction of sp³-hybridized carbons (Fsp3) is 0.312. The molecule has 2 aliphatic rings. The number of carboxylic acids is 1. The van der Waals surface area contributed by atoms with Crippen LogP contribution in [0.25, 0.3) is 0 Å². The Morgan fingerprint density at radius 1 is 1.35 bits per heavy atom. The largest absolute Gasteiger partial charge is 1.00 e. The number of hydrogen-bond acceptors (Lipinski definition) is 10. The van der Waals surface area contributed by atoms with Crippen molar-refractivity contribution in [3.63, 3.8) is 0 Å². The molecule has 12 nitrogen and oxygen atoms in total. The van der Waals surface area contributed by atoms with Crippen molar-refractivity contribution >= 4 is 82.2 Å². The summed E-state index contributed by atoms with van der Waals surface area (Å²) < 4.78 is 12.9. The van der Waals surface area contributed by atoms with Gasteiger partial charge in [-0.2, -0.15) is 10.5 Å². The number of nitrogens with two attached hydrogens (primary N) is 1. The zero-order valence-corrected chi connectivity index (χ0v) is 25.7. The molecule has 0 radical (unpaired) electrons. The summed E-state index contributed by atoms with van der Waals surface area (Å²) in [6.07, 6.45) is -1.44. The number of thiophene rings is 1. The van der Waals surface area contributed by atoms with Gasteiger partial charge in [-0.15, -0.1) is 11.3 Å². The van der Waals surface area contributed by atoms with Crippen LogP contribution in [0, 0.1) is 0 Å². The summed E-state index contributed by atoms with van der Waals surface area (Å²) in [5.41, 5.74) is 5.16. The van der Waals surface area contributed by atoms with Crippen molar-refractivity contribution in [1.29, 1.82) is 0 Å². The number of carbonyl (C=O) groups excluding carboxylic acids is 5. The Kier molecular flexibility index (Phi) is 11.8. The zero-order chi connectivity index (χ0) is 23.8. The van der Waals surface area contributed by atoms with Gasteiger partial charge in [0.05, 0.1) is 34.9 Å². The number of carboxylic acid groups (broad SMARTS) is 2. The maximum atomic E-state index is 13.1. The van der Waals surface area contributed by atoms with Crippen molar-refractivity contribution in [2.75, 3.05) is 19.5 Å². The Labute approximate surface area is 249 Å². The molecule has 3 amide bonds. The molecule has 0 bridgehead atoms. The normalized spacial score (nSPS) is 27.0. The summed E-state index contributed by atoms with van der Waals surface area (Å²) in [6, 6.07) is 1.46. The summed E-state index contributed by atoms with van der Waals surface area (Å²) >= 11 is 0.904. The molecule has 0 aromatic carbocycles.